The lowest BCUT2D eigenvalue weighted by molar-refractivity contribution is -0.119. The van der Waals surface area contributed by atoms with E-state index in [4.69, 9.17) is 0 Å². The van der Waals surface area contributed by atoms with E-state index in [0.29, 0.717) is 5.92 Å². The van der Waals surface area contributed by atoms with Crippen LogP contribution < -0.4 is 5.32 Å². The second-order valence-electron chi connectivity index (χ2n) is 3.98. The Labute approximate surface area is 73.0 Å². The average molecular weight is 165 g/mol. The Morgan fingerprint density at radius 3 is 2.83 bits per heavy atom. The van der Waals surface area contributed by atoms with Crippen molar-refractivity contribution in [3.05, 3.63) is 12.2 Å². The van der Waals surface area contributed by atoms with Gasteiger partial charge in [-0.25, -0.2) is 0 Å². The Morgan fingerprint density at radius 2 is 2.33 bits per heavy atom. The summed E-state index contributed by atoms with van der Waals surface area (Å²) in [6.45, 7) is 2.46. The second-order valence-corrected chi connectivity index (χ2v) is 3.98. The van der Waals surface area contributed by atoms with Crippen molar-refractivity contribution in [1.82, 2.24) is 5.32 Å². The molecule has 2 bridgehead atoms. The van der Waals surface area contributed by atoms with Crippen LogP contribution in [-0.4, -0.2) is 12.5 Å². The van der Waals surface area contributed by atoms with Crippen LogP contribution in [0.3, 0.4) is 0 Å². The Balaban J connectivity index is 1.83. The Bertz CT molecular complexity index is 222. The molecule has 0 unspecified atom stereocenters. The monoisotopic (exact) mass is 165 g/mol. The molecule has 2 rings (SSSR count). The van der Waals surface area contributed by atoms with Crippen molar-refractivity contribution in [2.24, 2.45) is 17.8 Å². The summed E-state index contributed by atoms with van der Waals surface area (Å²) in [5, 5.41) is 2.90. The van der Waals surface area contributed by atoms with Crippen LogP contribution in [0.25, 0.3) is 0 Å². The zero-order valence-electron chi connectivity index (χ0n) is 7.42. The Kier molecular flexibility index (Phi) is 1.91. The molecule has 2 aliphatic rings. The van der Waals surface area contributed by atoms with E-state index in [0.717, 1.165) is 18.4 Å². The third-order valence-electron chi connectivity index (χ3n) is 3.03. The van der Waals surface area contributed by atoms with Gasteiger partial charge in [0.2, 0.25) is 5.91 Å². The molecule has 2 nitrogen and oxygen atoms in total. The first-order chi connectivity index (χ1) is 5.75. The van der Waals surface area contributed by atoms with Crippen molar-refractivity contribution < 1.29 is 4.79 Å². The molecule has 0 spiro atoms. The van der Waals surface area contributed by atoms with Gasteiger partial charge >= 0.3 is 0 Å². The van der Waals surface area contributed by atoms with Gasteiger partial charge in [-0.15, -0.1) is 0 Å². The summed E-state index contributed by atoms with van der Waals surface area (Å²) in [4.78, 5) is 10.7. The zero-order valence-corrected chi connectivity index (χ0v) is 7.42. The van der Waals surface area contributed by atoms with Gasteiger partial charge in [0, 0.05) is 13.5 Å². The molecule has 1 amide bonds. The number of hydrogen-bond donors (Lipinski definition) is 1. The molecule has 0 aliphatic heterocycles. The molecule has 2 heteroatoms. The maximum atomic E-state index is 10.7. The van der Waals surface area contributed by atoms with Crippen LogP contribution in [0, 0.1) is 17.8 Å². The molecule has 1 N–H and O–H groups in total. The van der Waals surface area contributed by atoms with Crippen molar-refractivity contribution >= 4 is 5.91 Å². The van der Waals surface area contributed by atoms with E-state index in [1.807, 2.05) is 0 Å². The van der Waals surface area contributed by atoms with Crippen LogP contribution in [0.1, 0.15) is 19.8 Å². The van der Waals surface area contributed by atoms with Gasteiger partial charge in [0.15, 0.2) is 0 Å². The van der Waals surface area contributed by atoms with Crippen LogP contribution in [0.15, 0.2) is 12.2 Å². The van der Waals surface area contributed by atoms with E-state index in [2.05, 4.69) is 17.5 Å². The van der Waals surface area contributed by atoms with Gasteiger partial charge in [-0.1, -0.05) is 12.2 Å². The van der Waals surface area contributed by atoms with Crippen LogP contribution in [0.4, 0.5) is 0 Å². The number of carbonyl (C=O) groups excluding carboxylic acids is 1. The summed E-state index contributed by atoms with van der Waals surface area (Å²) in [6.07, 6.45) is 7.25. The highest BCUT2D eigenvalue weighted by Gasteiger charge is 2.35. The fourth-order valence-corrected chi connectivity index (χ4v) is 2.40. The van der Waals surface area contributed by atoms with Crippen molar-refractivity contribution in [3.63, 3.8) is 0 Å². The minimum Gasteiger partial charge on any atom is -0.356 e. The molecule has 0 aromatic heterocycles. The van der Waals surface area contributed by atoms with E-state index in [9.17, 15) is 4.79 Å². The standard InChI is InChI=1S/C10H15NO/c1-7(12)11-6-10-5-8-2-3-9(10)4-8/h2-3,8-10H,4-6H2,1H3,(H,11,12)/t8-,9+,10-/m0/s1. The minimum atomic E-state index is 0.0988. The number of amides is 1. The largest absolute Gasteiger partial charge is 0.356 e. The fourth-order valence-electron chi connectivity index (χ4n) is 2.40. The zero-order chi connectivity index (χ0) is 8.55. The van der Waals surface area contributed by atoms with E-state index in [-0.39, 0.29) is 5.91 Å². The Morgan fingerprint density at radius 1 is 1.50 bits per heavy atom. The first-order valence-electron chi connectivity index (χ1n) is 4.68. The number of allylic oxidation sites excluding steroid dienone is 2. The molecule has 1 saturated carbocycles. The van der Waals surface area contributed by atoms with Gasteiger partial charge in [0.05, 0.1) is 0 Å². The number of nitrogens with one attached hydrogen (secondary N) is 1. The molecular weight excluding hydrogens is 150 g/mol. The third-order valence-corrected chi connectivity index (χ3v) is 3.03. The molecular formula is C10H15NO. The van der Waals surface area contributed by atoms with Crippen LogP contribution in [0.2, 0.25) is 0 Å². The van der Waals surface area contributed by atoms with E-state index in [1.54, 1.807) is 6.92 Å². The quantitative estimate of drug-likeness (QED) is 0.614. The summed E-state index contributed by atoms with van der Waals surface area (Å²) >= 11 is 0. The van der Waals surface area contributed by atoms with E-state index >= 15 is 0 Å². The molecule has 0 aromatic carbocycles. The average Bonchev–Trinajstić information content (AvgIpc) is 2.60. The van der Waals surface area contributed by atoms with Gasteiger partial charge in [-0.3, -0.25) is 4.79 Å². The lowest BCUT2D eigenvalue weighted by Gasteiger charge is -2.17. The van der Waals surface area contributed by atoms with Crippen LogP contribution in [-0.2, 0) is 4.79 Å². The first kappa shape index (κ1) is 7.84. The van der Waals surface area contributed by atoms with E-state index in [1.165, 1.54) is 12.8 Å². The molecule has 3 atom stereocenters. The lowest BCUT2D eigenvalue weighted by Crippen LogP contribution is -2.28. The summed E-state index contributed by atoms with van der Waals surface area (Å²) in [7, 11) is 0. The summed E-state index contributed by atoms with van der Waals surface area (Å²) in [6, 6.07) is 0. The summed E-state index contributed by atoms with van der Waals surface area (Å²) in [5.74, 6) is 2.38. The molecule has 0 radical (unpaired) electrons. The molecule has 12 heavy (non-hydrogen) atoms. The van der Waals surface area contributed by atoms with E-state index < -0.39 is 0 Å². The molecule has 66 valence electrons. The van der Waals surface area contributed by atoms with Crippen molar-refractivity contribution in [1.29, 1.82) is 0 Å². The molecule has 1 fully saturated rings. The minimum absolute atomic E-state index is 0.0988. The van der Waals surface area contributed by atoms with Gasteiger partial charge in [-0.2, -0.15) is 0 Å². The SMILES string of the molecule is CC(=O)NC[C@@H]1C[C@H]2C=C[C@@H]1C2. The van der Waals surface area contributed by atoms with Crippen LogP contribution >= 0.6 is 0 Å². The maximum Gasteiger partial charge on any atom is 0.216 e. The summed E-state index contributed by atoms with van der Waals surface area (Å²) in [5.41, 5.74) is 0. The lowest BCUT2D eigenvalue weighted by atomic mass is 9.94. The van der Waals surface area contributed by atoms with Crippen molar-refractivity contribution in [2.45, 2.75) is 19.8 Å². The predicted octanol–water partition coefficient (Wildman–Crippen LogP) is 1.33. The van der Waals surface area contributed by atoms with Gasteiger partial charge in [0.1, 0.15) is 0 Å². The highest BCUT2D eigenvalue weighted by atomic mass is 16.1. The number of fused-ring (bicyclic) bond motifs is 2. The smallest absolute Gasteiger partial charge is 0.216 e. The number of hydrogen-bond acceptors (Lipinski definition) is 1. The number of rotatable bonds is 2. The fraction of sp³-hybridized carbons (Fsp3) is 0.700. The Hall–Kier alpha value is -0.790. The predicted molar refractivity (Wildman–Crippen MR) is 47.5 cm³/mol. The molecule has 0 saturated heterocycles. The molecule has 0 aromatic rings. The normalized spacial score (nSPS) is 37.2. The highest BCUT2D eigenvalue weighted by Crippen LogP contribution is 2.42. The van der Waals surface area contributed by atoms with Gasteiger partial charge in [-0.05, 0) is 30.6 Å². The maximum absolute atomic E-state index is 10.7. The van der Waals surface area contributed by atoms with Crippen molar-refractivity contribution in [2.75, 3.05) is 6.54 Å². The first-order valence-corrected chi connectivity index (χ1v) is 4.68. The molecule has 0 heterocycles. The highest BCUT2D eigenvalue weighted by molar-refractivity contribution is 5.72. The third kappa shape index (κ3) is 1.38. The topological polar surface area (TPSA) is 29.1 Å². The summed E-state index contributed by atoms with van der Waals surface area (Å²) < 4.78 is 0. The number of carbonyl (C=O) groups is 1. The second kappa shape index (κ2) is 2.92. The van der Waals surface area contributed by atoms with Gasteiger partial charge < -0.3 is 5.32 Å². The van der Waals surface area contributed by atoms with Crippen LogP contribution in [0.5, 0.6) is 0 Å². The van der Waals surface area contributed by atoms with Crippen molar-refractivity contribution in [3.8, 4) is 0 Å². The van der Waals surface area contributed by atoms with Gasteiger partial charge in [0.25, 0.3) is 0 Å². The molecule has 2 aliphatic carbocycles.